The van der Waals surface area contributed by atoms with Crippen molar-refractivity contribution in [2.45, 2.75) is 31.8 Å². The molecular formula is C35H31FN8O2. The van der Waals surface area contributed by atoms with Crippen LogP contribution in [0, 0.1) is 5.82 Å². The first-order valence-corrected chi connectivity index (χ1v) is 15.0. The molecule has 0 atom stereocenters. The molecule has 0 bridgehead atoms. The number of pyridine rings is 1. The standard InChI is InChI=1S/C35H31FN8O2/c1-46-31-16-15-29(39-41-34(24-8-4-2-5-9-24)25-10-6-3-7-11-25)28(33(31)36)18-37-35(45)30-22-44(42-40-30)21-27-20-43-19-26(23-12-13-23)14-17-32(43)38-27/h2-11,14-17,19-20,22-23,39H,12-13,18,21H2,1H3,(H,37,45). The molecule has 1 saturated carbocycles. The Balaban J connectivity index is 1.07. The van der Waals surface area contributed by atoms with Crippen LogP contribution < -0.4 is 15.5 Å². The highest BCUT2D eigenvalue weighted by Crippen LogP contribution is 2.39. The number of ether oxygens (including phenoxy) is 1. The number of nitrogens with one attached hydrogen (secondary N) is 2. The van der Waals surface area contributed by atoms with Gasteiger partial charge in [0.25, 0.3) is 5.91 Å². The van der Waals surface area contributed by atoms with Crippen molar-refractivity contribution in [3.05, 3.63) is 143 Å². The number of carbonyl (C=O) groups is 1. The molecule has 1 aliphatic carbocycles. The highest BCUT2D eigenvalue weighted by Gasteiger charge is 2.24. The zero-order valence-corrected chi connectivity index (χ0v) is 25.1. The minimum absolute atomic E-state index is 0.0489. The van der Waals surface area contributed by atoms with Crippen LogP contribution in [-0.2, 0) is 13.1 Å². The highest BCUT2D eigenvalue weighted by atomic mass is 19.1. The molecule has 1 amide bonds. The Morgan fingerprint density at radius 2 is 1.70 bits per heavy atom. The maximum atomic E-state index is 15.6. The number of rotatable bonds is 11. The van der Waals surface area contributed by atoms with E-state index >= 15 is 4.39 Å². The van der Waals surface area contributed by atoms with Crippen LogP contribution in [0.4, 0.5) is 10.1 Å². The van der Waals surface area contributed by atoms with Crippen LogP contribution in [0.5, 0.6) is 5.75 Å². The first-order valence-electron chi connectivity index (χ1n) is 15.0. The molecule has 3 heterocycles. The lowest BCUT2D eigenvalue weighted by Crippen LogP contribution is -2.24. The molecule has 0 unspecified atom stereocenters. The third-order valence-corrected chi connectivity index (χ3v) is 7.90. The topological polar surface area (TPSA) is 111 Å². The van der Waals surface area contributed by atoms with Crippen LogP contribution in [0.2, 0.25) is 0 Å². The maximum absolute atomic E-state index is 15.6. The molecule has 46 heavy (non-hydrogen) atoms. The van der Waals surface area contributed by atoms with Gasteiger partial charge in [-0.3, -0.25) is 10.2 Å². The Morgan fingerprint density at radius 1 is 0.957 bits per heavy atom. The summed E-state index contributed by atoms with van der Waals surface area (Å²) >= 11 is 0. The van der Waals surface area contributed by atoms with E-state index in [0.717, 1.165) is 22.5 Å². The van der Waals surface area contributed by atoms with E-state index < -0.39 is 11.7 Å². The fourth-order valence-corrected chi connectivity index (χ4v) is 5.34. The molecule has 11 heteroatoms. The van der Waals surface area contributed by atoms with Crippen molar-refractivity contribution in [2.24, 2.45) is 5.10 Å². The molecule has 0 spiro atoms. The van der Waals surface area contributed by atoms with E-state index in [1.807, 2.05) is 77.3 Å². The molecule has 10 nitrogen and oxygen atoms in total. The predicted octanol–water partition coefficient (Wildman–Crippen LogP) is 5.79. The van der Waals surface area contributed by atoms with Gasteiger partial charge in [-0.2, -0.15) is 5.10 Å². The third kappa shape index (κ3) is 6.20. The summed E-state index contributed by atoms with van der Waals surface area (Å²) in [5.74, 6) is -0.406. The Bertz CT molecular complexity index is 1990. The number of anilines is 1. The van der Waals surface area contributed by atoms with E-state index in [1.54, 1.807) is 16.9 Å². The summed E-state index contributed by atoms with van der Waals surface area (Å²) in [5, 5.41) is 15.6. The molecule has 2 N–H and O–H groups in total. The van der Waals surface area contributed by atoms with Gasteiger partial charge in [-0.1, -0.05) is 71.9 Å². The van der Waals surface area contributed by atoms with Crippen LogP contribution in [-0.4, -0.2) is 43.1 Å². The average Bonchev–Trinajstić information content (AvgIpc) is 3.70. The Hall–Kier alpha value is -5.84. The van der Waals surface area contributed by atoms with Crippen LogP contribution in [0.3, 0.4) is 0 Å². The molecule has 1 fully saturated rings. The summed E-state index contributed by atoms with van der Waals surface area (Å²) in [7, 11) is 1.39. The second kappa shape index (κ2) is 12.6. The van der Waals surface area contributed by atoms with E-state index in [0.29, 0.717) is 23.9 Å². The number of benzene rings is 3. The zero-order valence-electron chi connectivity index (χ0n) is 25.1. The molecule has 0 saturated heterocycles. The predicted molar refractivity (Wildman–Crippen MR) is 173 cm³/mol. The van der Waals surface area contributed by atoms with Gasteiger partial charge in [0.05, 0.1) is 36.9 Å². The van der Waals surface area contributed by atoms with Gasteiger partial charge >= 0.3 is 0 Å². The molecular weight excluding hydrogens is 583 g/mol. The van der Waals surface area contributed by atoms with E-state index in [-0.39, 0.29) is 23.6 Å². The van der Waals surface area contributed by atoms with Gasteiger partial charge in [0, 0.05) is 35.6 Å². The van der Waals surface area contributed by atoms with Crippen molar-refractivity contribution in [3.8, 4) is 5.75 Å². The van der Waals surface area contributed by atoms with Crippen molar-refractivity contribution >= 4 is 23.0 Å². The van der Waals surface area contributed by atoms with Gasteiger partial charge in [-0.15, -0.1) is 5.10 Å². The number of imidazole rings is 1. The molecule has 6 aromatic rings. The monoisotopic (exact) mass is 614 g/mol. The van der Waals surface area contributed by atoms with Crippen molar-refractivity contribution in [2.75, 3.05) is 12.5 Å². The molecule has 0 radical (unpaired) electrons. The molecule has 1 aliphatic rings. The molecule has 3 aromatic heterocycles. The number of hydrazone groups is 1. The van der Waals surface area contributed by atoms with Crippen molar-refractivity contribution in [1.29, 1.82) is 0 Å². The van der Waals surface area contributed by atoms with E-state index in [9.17, 15) is 4.79 Å². The maximum Gasteiger partial charge on any atom is 0.273 e. The number of aromatic nitrogens is 5. The summed E-state index contributed by atoms with van der Waals surface area (Å²) in [6, 6.07) is 26.7. The van der Waals surface area contributed by atoms with Gasteiger partial charge in [-0.05, 0) is 42.5 Å². The lowest BCUT2D eigenvalue weighted by molar-refractivity contribution is 0.0945. The minimum atomic E-state index is -0.607. The number of amides is 1. The smallest absolute Gasteiger partial charge is 0.273 e. The zero-order chi connectivity index (χ0) is 31.5. The van der Waals surface area contributed by atoms with Gasteiger partial charge in [0.2, 0.25) is 0 Å². The molecule has 230 valence electrons. The number of hydrogen-bond acceptors (Lipinski definition) is 7. The lowest BCUT2D eigenvalue weighted by atomic mass is 10.0. The SMILES string of the molecule is COc1ccc(NN=C(c2ccccc2)c2ccccc2)c(CNC(=O)c2cn(Cc3cn4cc(C5CC5)ccc4n3)nn2)c1F. The van der Waals surface area contributed by atoms with Crippen LogP contribution >= 0.6 is 0 Å². The summed E-state index contributed by atoms with van der Waals surface area (Å²) in [4.78, 5) is 17.8. The van der Waals surface area contributed by atoms with E-state index in [4.69, 9.17) is 4.74 Å². The van der Waals surface area contributed by atoms with Crippen molar-refractivity contribution in [1.82, 2.24) is 29.7 Å². The largest absolute Gasteiger partial charge is 0.494 e. The summed E-state index contributed by atoms with van der Waals surface area (Å²) in [5.41, 5.74) is 9.11. The highest BCUT2D eigenvalue weighted by molar-refractivity contribution is 6.13. The first-order chi connectivity index (χ1) is 22.6. The number of fused-ring (bicyclic) bond motifs is 1. The molecule has 3 aromatic carbocycles. The average molecular weight is 615 g/mol. The Kier molecular flexibility index (Phi) is 7.94. The minimum Gasteiger partial charge on any atom is -0.494 e. The third-order valence-electron chi connectivity index (χ3n) is 7.90. The number of carbonyl (C=O) groups excluding carboxylic acids is 1. The normalized spacial score (nSPS) is 12.6. The first kappa shape index (κ1) is 28.9. The lowest BCUT2D eigenvalue weighted by Gasteiger charge is -2.15. The van der Waals surface area contributed by atoms with Crippen LogP contribution in [0.15, 0.2) is 109 Å². The number of hydrogen-bond donors (Lipinski definition) is 2. The van der Waals surface area contributed by atoms with Gasteiger partial charge in [-0.25, -0.2) is 14.1 Å². The summed E-state index contributed by atoms with van der Waals surface area (Å²) in [6.45, 7) is 0.205. The second-order valence-corrected chi connectivity index (χ2v) is 11.1. The van der Waals surface area contributed by atoms with Crippen molar-refractivity contribution in [3.63, 3.8) is 0 Å². The molecule has 7 rings (SSSR count). The fraction of sp³-hybridized carbons (Fsp3) is 0.171. The Labute approximate surface area is 264 Å². The molecule has 0 aliphatic heterocycles. The quantitative estimate of drug-likeness (QED) is 0.141. The summed E-state index contributed by atoms with van der Waals surface area (Å²) in [6.07, 6.45) is 8.10. The van der Waals surface area contributed by atoms with Gasteiger partial charge in [0.15, 0.2) is 17.3 Å². The van der Waals surface area contributed by atoms with Crippen LogP contribution in [0.25, 0.3) is 5.65 Å². The van der Waals surface area contributed by atoms with Gasteiger partial charge in [0.1, 0.15) is 5.65 Å². The van der Waals surface area contributed by atoms with E-state index in [2.05, 4.69) is 43.4 Å². The number of halogens is 1. The van der Waals surface area contributed by atoms with Gasteiger partial charge < -0.3 is 14.5 Å². The number of nitrogens with zero attached hydrogens (tertiary/aromatic N) is 6. The fourth-order valence-electron chi connectivity index (χ4n) is 5.34. The van der Waals surface area contributed by atoms with Crippen LogP contribution in [0.1, 0.15) is 57.2 Å². The number of methoxy groups -OCH3 is 1. The summed E-state index contributed by atoms with van der Waals surface area (Å²) < 4.78 is 24.4. The Morgan fingerprint density at radius 3 is 2.39 bits per heavy atom. The van der Waals surface area contributed by atoms with E-state index in [1.165, 1.54) is 31.6 Å². The second-order valence-electron chi connectivity index (χ2n) is 11.1. The van der Waals surface area contributed by atoms with Crippen molar-refractivity contribution < 1.29 is 13.9 Å².